The van der Waals surface area contributed by atoms with Gasteiger partial charge in [-0.25, -0.2) is 0 Å². The molecular formula is C44H38N2O4S4. The molecule has 13 rings (SSSR count). The van der Waals surface area contributed by atoms with Gasteiger partial charge in [-0.1, -0.05) is 133 Å². The molecule has 0 amide bonds. The highest BCUT2D eigenvalue weighted by molar-refractivity contribution is 8.16. The van der Waals surface area contributed by atoms with Gasteiger partial charge in [0.15, 0.2) is 0 Å². The molecule has 54 heavy (non-hydrogen) atoms. The molecule has 6 aromatic rings. The van der Waals surface area contributed by atoms with E-state index in [0.29, 0.717) is 23.0 Å². The lowest BCUT2D eigenvalue weighted by atomic mass is 9.98. The summed E-state index contributed by atoms with van der Waals surface area (Å²) >= 11 is 6.50. The number of rotatable bonds is 4. The molecule has 0 radical (unpaired) electrons. The molecule has 6 nitrogen and oxygen atoms in total. The Balaban J connectivity index is 1.14. The van der Waals surface area contributed by atoms with Gasteiger partial charge in [0.25, 0.3) is 0 Å². The van der Waals surface area contributed by atoms with Crippen molar-refractivity contribution in [1.29, 1.82) is 0 Å². The second-order valence-electron chi connectivity index (χ2n) is 13.1. The van der Waals surface area contributed by atoms with Crippen LogP contribution in [-0.2, 0) is 23.0 Å². The molecule has 0 unspecified atom stereocenters. The van der Waals surface area contributed by atoms with Gasteiger partial charge in [-0.15, -0.1) is 47.0 Å². The lowest BCUT2D eigenvalue weighted by molar-refractivity contribution is -0.476. The molecule has 0 saturated carbocycles. The molecule has 7 aliphatic heterocycles. The molecule has 0 aromatic heterocycles. The molecule has 0 aliphatic carbocycles. The number of benzene rings is 6. The molecule has 12 bridgehead atoms. The molecule has 272 valence electrons. The average Bonchev–Trinajstić information content (AvgIpc) is 3.20. The quantitative estimate of drug-likeness (QED) is 0.129. The van der Waals surface area contributed by atoms with Crippen LogP contribution in [0.5, 0.6) is 0 Å². The van der Waals surface area contributed by atoms with Crippen LogP contribution in [0.2, 0.25) is 0 Å². The maximum Gasteiger partial charge on any atom is 0.224 e. The molecule has 0 saturated heterocycles. The summed E-state index contributed by atoms with van der Waals surface area (Å²) in [5.41, 5.74) is 13.5. The first-order valence-electron chi connectivity index (χ1n) is 17.6. The van der Waals surface area contributed by atoms with Crippen molar-refractivity contribution in [2.75, 3.05) is 13.1 Å². The third-order valence-corrected chi connectivity index (χ3v) is 14.9. The molecule has 10 heteroatoms. The second kappa shape index (κ2) is 18.2. The van der Waals surface area contributed by atoms with Gasteiger partial charge >= 0.3 is 0 Å². The summed E-state index contributed by atoms with van der Waals surface area (Å²) in [6, 6.07) is 50.9. The predicted molar refractivity (Wildman–Crippen MR) is 231 cm³/mol. The van der Waals surface area contributed by atoms with Crippen LogP contribution in [0.15, 0.2) is 146 Å². The van der Waals surface area contributed by atoms with Gasteiger partial charge < -0.3 is 0 Å². The second-order valence-corrected chi connectivity index (χ2v) is 18.4. The van der Waals surface area contributed by atoms with Crippen LogP contribution in [0.1, 0.15) is 22.3 Å². The fourth-order valence-corrected chi connectivity index (χ4v) is 11.0. The van der Waals surface area contributed by atoms with Crippen molar-refractivity contribution in [1.82, 2.24) is 0 Å². The van der Waals surface area contributed by atoms with E-state index >= 15 is 0 Å². The van der Waals surface area contributed by atoms with E-state index in [1.807, 2.05) is 0 Å². The topological polar surface area (TPSA) is 86.3 Å². The van der Waals surface area contributed by atoms with Crippen molar-refractivity contribution in [3.05, 3.63) is 188 Å². The number of nitro groups is 2. The summed E-state index contributed by atoms with van der Waals surface area (Å²) in [4.78, 5) is 22.7. The standard InChI is InChI=1S/C44H38N2O4S4/c47-45(48)25-43-51-27-31-7-15-35(16-8-31)39-3-1-4-40(23-39)36-17-9-32(10-18-36)28-52-44(26-46(49)50)54-30-34-13-21-38(22-14-34)42-6-2-5-41(24-42)37-19-11-33(12-20-37)29-53-43/h1-24,43-44H,25-30H2. The van der Waals surface area contributed by atoms with Crippen LogP contribution in [-0.4, -0.2) is 32.1 Å². The summed E-state index contributed by atoms with van der Waals surface area (Å²) in [6.45, 7) is -0.181. The van der Waals surface area contributed by atoms with Crippen LogP contribution in [0.4, 0.5) is 0 Å². The predicted octanol–water partition coefficient (Wildman–Crippen LogP) is 12.2. The van der Waals surface area contributed by atoms with Crippen molar-refractivity contribution in [2.45, 2.75) is 32.2 Å². The summed E-state index contributed by atoms with van der Waals surface area (Å²) in [7, 11) is 0. The number of thioether (sulfide) groups is 4. The Labute approximate surface area is 332 Å². The number of nitrogens with zero attached hydrogens (tertiary/aromatic N) is 2. The van der Waals surface area contributed by atoms with E-state index in [0.717, 1.165) is 66.8 Å². The Morgan fingerprint density at radius 3 is 0.852 bits per heavy atom. The van der Waals surface area contributed by atoms with Gasteiger partial charge in [-0.3, -0.25) is 20.2 Å². The van der Waals surface area contributed by atoms with Crippen LogP contribution in [0, 0.1) is 20.2 Å². The van der Waals surface area contributed by atoms with Gasteiger partial charge in [0.1, 0.15) is 9.16 Å². The highest BCUT2D eigenvalue weighted by Crippen LogP contribution is 2.35. The van der Waals surface area contributed by atoms with E-state index < -0.39 is 0 Å². The van der Waals surface area contributed by atoms with E-state index in [2.05, 4.69) is 146 Å². The monoisotopic (exact) mass is 786 g/mol. The Kier molecular flexibility index (Phi) is 12.8. The Hall–Kier alpha value is -4.48. The first kappa shape index (κ1) is 37.8. The van der Waals surface area contributed by atoms with E-state index in [1.165, 1.54) is 0 Å². The van der Waals surface area contributed by atoms with Crippen LogP contribution in [0.25, 0.3) is 44.5 Å². The van der Waals surface area contributed by atoms with Crippen molar-refractivity contribution in [3.8, 4) is 44.5 Å². The van der Waals surface area contributed by atoms with E-state index in [9.17, 15) is 20.2 Å². The summed E-state index contributed by atoms with van der Waals surface area (Å²) < 4.78 is -0.335. The highest BCUT2D eigenvalue weighted by Gasteiger charge is 2.19. The van der Waals surface area contributed by atoms with Crippen molar-refractivity contribution >= 4 is 47.0 Å². The van der Waals surface area contributed by atoms with Gasteiger partial charge in [0.2, 0.25) is 13.1 Å². The van der Waals surface area contributed by atoms with Gasteiger partial charge in [0.05, 0.1) is 0 Å². The minimum absolute atomic E-state index is 0.0904. The molecule has 0 N–H and O–H groups in total. The third-order valence-electron chi connectivity index (χ3n) is 9.21. The summed E-state index contributed by atoms with van der Waals surface area (Å²) in [6.07, 6.45) is 0. The first-order valence-corrected chi connectivity index (χ1v) is 21.8. The largest absolute Gasteiger partial charge is 0.264 e. The maximum absolute atomic E-state index is 11.6. The fourth-order valence-electron chi connectivity index (χ4n) is 6.24. The fraction of sp³-hybridized carbons (Fsp3) is 0.182. The molecule has 7 aliphatic rings. The lowest BCUT2D eigenvalue weighted by Gasteiger charge is -2.14. The van der Waals surface area contributed by atoms with Crippen molar-refractivity contribution < 1.29 is 9.85 Å². The molecular weight excluding hydrogens is 749 g/mol. The van der Waals surface area contributed by atoms with Crippen LogP contribution < -0.4 is 0 Å². The number of hydrogen-bond donors (Lipinski definition) is 0. The maximum atomic E-state index is 11.6. The Bertz CT molecular complexity index is 1900. The zero-order chi connectivity index (χ0) is 37.3. The average molecular weight is 787 g/mol. The van der Waals surface area contributed by atoms with Gasteiger partial charge in [-0.05, 0) is 78.9 Å². The minimum Gasteiger partial charge on any atom is -0.264 e. The van der Waals surface area contributed by atoms with Crippen LogP contribution >= 0.6 is 47.0 Å². The molecule has 0 spiro atoms. The van der Waals surface area contributed by atoms with Crippen molar-refractivity contribution in [3.63, 3.8) is 0 Å². The SMILES string of the molecule is O=[N+]([O-])CC1SCc2ccc(cc2)-c2cccc(c2)-c2ccc(cc2)CSC(C[N+](=O)[O-])SCc2ccc(cc2)-c2cccc(c2)-c2ccc(cc2)CS1. The van der Waals surface area contributed by atoms with E-state index in [4.69, 9.17) is 0 Å². The highest BCUT2D eigenvalue weighted by atomic mass is 32.2. The molecule has 7 heterocycles. The summed E-state index contributed by atoms with van der Waals surface area (Å²) in [5, 5.41) is 23.2. The normalized spacial score (nSPS) is 16.4. The smallest absolute Gasteiger partial charge is 0.224 e. The van der Waals surface area contributed by atoms with Gasteiger partial charge in [0, 0.05) is 32.9 Å². The van der Waals surface area contributed by atoms with Crippen LogP contribution in [0.3, 0.4) is 0 Å². The Morgan fingerprint density at radius 1 is 0.389 bits per heavy atom. The molecule has 0 atom stereocenters. The van der Waals surface area contributed by atoms with Crippen molar-refractivity contribution in [2.24, 2.45) is 0 Å². The summed E-state index contributed by atoms with van der Waals surface area (Å²) in [5.74, 6) is 2.78. The molecule has 0 fully saturated rings. The Morgan fingerprint density at radius 2 is 0.630 bits per heavy atom. The zero-order valence-electron chi connectivity index (χ0n) is 29.4. The number of hydrogen-bond acceptors (Lipinski definition) is 8. The zero-order valence-corrected chi connectivity index (χ0v) is 32.7. The minimum atomic E-state index is -0.209. The first-order chi connectivity index (χ1) is 26.3. The van der Waals surface area contributed by atoms with E-state index in [-0.39, 0.29) is 32.1 Å². The lowest BCUT2D eigenvalue weighted by Crippen LogP contribution is -2.13. The van der Waals surface area contributed by atoms with Gasteiger partial charge in [-0.2, -0.15) is 0 Å². The van der Waals surface area contributed by atoms with E-state index in [1.54, 1.807) is 47.0 Å². The molecule has 6 aromatic carbocycles. The third kappa shape index (κ3) is 10.4.